The van der Waals surface area contributed by atoms with Gasteiger partial charge in [0.15, 0.2) is 0 Å². The number of aromatic nitrogens is 1. The molecule has 2 heterocycles. The van der Waals surface area contributed by atoms with Gasteiger partial charge in [-0.05, 0) is 50.8 Å². The topological polar surface area (TPSA) is 63.7 Å². The van der Waals surface area contributed by atoms with Crippen molar-refractivity contribution in [3.8, 4) is 16.9 Å². The van der Waals surface area contributed by atoms with Gasteiger partial charge in [0, 0.05) is 53.9 Å². The average Bonchev–Trinajstić information content (AvgIpc) is 2.86. The van der Waals surface area contributed by atoms with Crippen LogP contribution in [0.5, 0.6) is 5.75 Å². The number of nitrogens with one attached hydrogen (secondary N) is 1. The minimum Gasteiger partial charge on any atom is -0.494 e. The molecule has 178 valence electrons. The van der Waals surface area contributed by atoms with E-state index in [1.54, 1.807) is 0 Å². The molecule has 1 atom stereocenters. The van der Waals surface area contributed by atoms with Crippen LogP contribution in [0.3, 0.4) is 0 Å². The van der Waals surface area contributed by atoms with Gasteiger partial charge in [-0.1, -0.05) is 25.3 Å². The number of amides is 1. The lowest BCUT2D eigenvalue weighted by molar-refractivity contribution is -0.121. The third-order valence-corrected chi connectivity index (χ3v) is 6.85. The number of hydrogen-bond donors (Lipinski definition) is 1. The van der Waals surface area contributed by atoms with Crippen LogP contribution in [0.2, 0.25) is 0 Å². The van der Waals surface area contributed by atoms with E-state index >= 15 is 0 Å². The molecule has 1 aliphatic heterocycles. The van der Waals surface area contributed by atoms with E-state index in [1.165, 1.54) is 32.1 Å². The molecule has 2 aromatic rings. The van der Waals surface area contributed by atoms with E-state index in [9.17, 15) is 4.79 Å². The lowest BCUT2D eigenvalue weighted by Crippen LogP contribution is -2.39. The molecular formula is C27H37N3O3. The van der Waals surface area contributed by atoms with Crippen LogP contribution in [-0.2, 0) is 16.0 Å². The molecule has 0 unspecified atom stereocenters. The molecule has 0 radical (unpaired) electrons. The number of benzene rings is 1. The summed E-state index contributed by atoms with van der Waals surface area (Å²) < 4.78 is 11.3. The summed E-state index contributed by atoms with van der Waals surface area (Å²) in [5.74, 6) is 1.54. The quantitative estimate of drug-likeness (QED) is 0.635. The number of nitrogens with zero attached hydrogens (tertiary/aromatic N) is 2. The highest BCUT2D eigenvalue weighted by atomic mass is 16.5. The molecule has 0 spiro atoms. The van der Waals surface area contributed by atoms with Gasteiger partial charge in [0.2, 0.25) is 5.91 Å². The van der Waals surface area contributed by atoms with Crippen LogP contribution < -0.4 is 15.0 Å². The Morgan fingerprint density at radius 1 is 1.18 bits per heavy atom. The van der Waals surface area contributed by atoms with Crippen LogP contribution >= 0.6 is 0 Å². The second-order valence-electron chi connectivity index (χ2n) is 9.18. The van der Waals surface area contributed by atoms with Crippen molar-refractivity contribution >= 4 is 11.6 Å². The van der Waals surface area contributed by atoms with Crippen molar-refractivity contribution in [3.05, 3.63) is 42.2 Å². The zero-order valence-electron chi connectivity index (χ0n) is 20.0. The van der Waals surface area contributed by atoms with Crippen molar-refractivity contribution in [3.63, 3.8) is 0 Å². The Bertz CT molecular complexity index is 903. The Hall–Kier alpha value is -2.60. The molecule has 1 aromatic carbocycles. The van der Waals surface area contributed by atoms with Crippen LogP contribution in [0.4, 0.5) is 5.69 Å². The Balaban J connectivity index is 1.44. The van der Waals surface area contributed by atoms with E-state index in [1.807, 2.05) is 25.3 Å². The van der Waals surface area contributed by atoms with Crippen molar-refractivity contribution in [2.24, 2.45) is 5.92 Å². The summed E-state index contributed by atoms with van der Waals surface area (Å²) in [6.45, 7) is 7.94. The highest BCUT2D eigenvalue weighted by Crippen LogP contribution is 2.34. The first kappa shape index (κ1) is 23.6. The van der Waals surface area contributed by atoms with Gasteiger partial charge in [-0.15, -0.1) is 0 Å². The maximum atomic E-state index is 12.6. The lowest BCUT2D eigenvalue weighted by atomic mass is 9.84. The molecule has 1 N–H and O–H groups in total. The number of rotatable bonds is 8. The maximum Gasteiger partial charge on any atom is 0.226 e. The molecule has 1 amide bonds. The van der Waals surface area contributed by atoms with Gasteiger partial charge in [0.25, 0.3) is 0 Å². The van der Waals surface area contributed by atoms with E-state index in [0.717, 1.165) is 54.6 Å². The molecule has 6 heteroatoms. The van der Waals surface area contributed by atoms with E-state index in [0.29, 0.717) is 18.9 Å². The summed E-state index contributed by atoms with van der Waals surface area (Å²) in [6.07, 6.45) is 8.54. The van der Waals surface area contributed by atoms with Crippen LogP contribution in [0.15, 0.2) is 36.5 Å². The van der Waals surface area contributed by atoms with E-state index in [4.69, 9.17) is 9.47 Å². The highest BCUT2D eigenvalue weighted by molar-refractivity contribution is 5.81. The van der Waals surface area contributed by atoms with Gasteiger partial charge in [-0.25, -0.2) is 0 Å². The van der Waals surface area contributed by atoms with Gasteiger partial charge in [-0.2, -0.15) is 0 Å². The Kier molecular flexibility index (Phi) is 8.21. The Labute approximate surface area is 197 Å². The fourth-order valence-electron chi connectivity index (χ4n) is 4.99. The molecule has 2 aliphatic rings. The third kappa shape index (κ3) is 6.26. The van der Waals surface area contributed by atoms with Crippen molar-refractivity contribution in [2.45, 2.75) is 58.4 Å². The molecular weight excluding hydrogens is 414 g/mol. The van der Waals surface area contributed by atoms with Crippen LogP contribution in [0, 0.1) is 5.92 Å². The monoisotopic (exact) mass is 451 g/mol. The number of hydrogen-bond acceptors (Lipinski definition) is 5. The summed E-state index contributed by atoms with van der Waals surface area (Å²) in [6, 6.07) is 10.5. The predicted octanol–water partition coefficient (Wildman–Crippen LogP) is 4.61. The Morgan fingerprint density at radius 3 is 2.67 bits per heavy atom. The van der Waals surface area contributed by atoms with Crippen molar-refractivity contribution in [2.75, 3.05) is 37.8 Å². The molecule has 6 nitrogen and oxygen atoms in total. The van der Waals surface area contributed by atoms with E-state index in [-0.39, 0.29) is 11.9 Å². The fourth-order valence-corrected chi connectivity index (χ4v) is 4.99. The molecule has 1 aliphatic carbocycles. The van der Waals surface area contributed by atoms with E-state index < -0.39 is 0 Å². The van der Waals surface area contributed by atoms with Crippen LogP contribution in [0.25, 0.3) is 11.1 Å². The largest absolute Gasteiger partial charge is 0.494 e. The molecule has 2 fully saturated rings. The number of ether oxygens (including phenoxy) is 2. The summed E-state index contributed by atoms with van der Waals surface area (Å²) in [7, 11) is 0. The van der Waals surface area contributed by atoms with Gasteiger partial charge >= 0.3 is 0 Å². The third-order valence-electron chi connectivity index (χ3n) is 6.85. The minimum atomic E-state index is 0.0587. The van der Waals surface area contributed by atoms with Gasteiger partial charge in [-0.3, -0.25) is 9.78 Å². The zero-order chi connectivity index (χ0) is 23.0. The number of anilines is 1. The van der Waals surface area contributed by atoms with Gasteiger partial charge < -0.3 is 19.7 Å². The van der Waals surface area contributed by atoms with Crippen molar-refractivity contribution < 1.29 is 14.3 Å². The summed E-state index contributed by atoms with van der Waals surface area (Å²) in [5, 5.41) is 3.20. The fraction of sp³-hybridized carbons (Fsp3) is 0.556. The lowest BCUT2D eigenvalue weighted by Gasteiger charge is -2.31. The summed E-state index contributed by atoms with van der Waals surface area (Å²) >= 11 is 0. The molecule has 0 bridgehead atoms. The SMILES string of the molecule is CCOc1ccc(-c2ccc(CC(=O)N[C@H](C)C3CCCCC3)nc2)c(N2CCOCC2)c1. The first-order valence-corrected chi connectivity index (χ1v) is 12.5. The van der Waals surface area contributed by atoms with Gasteiger partial charge in [0.05, 0.1) is 26.2 Å². The summed E-state index contributed by atoms with van der Waals surface area (Å²) in [4.78, 5) is 19.6. The number of morpholine rings is 1. The molecule has 4 rings (SSSR count). The zero-order valence-corrected chi connectivity index (χ0v) is 20.0. The smallest absolute Gasteiger partial charge is 0.226 e. The van der Waals surface area contributed by atoms with Crippen LogP contribution in [0.1, 0.15) is 51.6 Å². The molecule has 33 heavy (non-hydrogen) atoms. The second-order valence-corrected chi connectivity index (χ2v) is 9.18. The number of carbonyl (C=O) groups excluding carboxylic acids is 1. The normalized spacial score (nSPS) is 18.1. The van der Waals surface area contributed by atoms with Gasteiger partial charge in [0.1, 0.15) is 5.75 Å². The van der Waals surface area contributed by atoms with Crippen LogP contribution in [-0.4, -0.2) is 49.8 Å². The predicted molar refractivity (Wildman–Crippen MR) is 132 cm³/mol. The van der Waals surface area contributed by atoms with E-state index in [2.05, 4.69) is 40.3 Å². The Morgan fingerprint density at radius 2 is 1.97 bits per heavy atom. The van der Waals surface area contributed by atoms with Crippen molar-refractivity contribution in [1.82, 2.24) is 10.3 Å². The standard InChI is InChI=1S/C27H37N3O3/c1-3-33-24-11-12-25(26(18-24)30-13-15-32-16-14-30)22-9-10-23(28-19-22)17-27(31)29-20(2)21-7-5-4-6-8-21/h9-12,18-21H,3-8,13-17H2,1-2H3,(H,29,31)/t20-/m1/s1. The van der Waals surface area contributed by atoms with Crippen molar-refractivity contribution in [1.29, 1.82) is 0 Å². The molecule has 1 saturated carbocycles. The number of carbonyl (C=O) groups is 1. The second kappa shape index (κ2) is 11.5. The summed E-state index contributed by atoms with van der Waals surface area (Å²) in [5.41, 5.74) is 4.10. The molecule has 1 saturated heterocycles. The minimum absolute atomic E-state index is 0.0587. The highest BCUT2D eigenvalue weighted by Gasteiger charge is 2.22. The first-order chi connectivity index (χ1) is 16.1. The maximum absolute atomic E-state index is 12.6. The molecule has 1 aromatic heterocycles. The first-order valence-electron chi connectivity index (χ1n) is 12.5. The number of pyridine rings is 1. The average molecular weight is 452 g/mol.